The van der Waals surface area contributed by atoms with Crippen molar-refractivity contribution < 1.29 is 0 Å². The van der Waals surface area contributed by atoms with E-state index in [-0.39, 0.29) is 0 Å². The van der Waals surface area contributed by atoms with Gasteiger partial charge in [0, 0.05) is 13.1 Å². The van der Waals surface area contributed by atoms with Gasteiger partial charge < -0.3 is 0 Å². The molecule has 0 atom stereocenters. The van der Waals surface area contributed by atoms with E-state index >= 15 is 0 Å². The van der Waals surface area contributed by atoms with Crippen LogP contribution in [-0.4, -0.2) is 18.1 Å². The van der Waals surface area contributed by atoms with Gasteiger partial charge in [0.1, 0.15) is 0 Å². The maximum Gasteiger partial charge on any atom is 0.0315 e. The van der Waals surface area contributed by atoms with E-state index in [0.717, 1.165) is 19.5 Å². The zero-order valence-corrected chi connectivity index (χ0v) is 4.22. The smallest absolute Gasteiger partial charge is 0.0315 e. The van der Waals surface area contributed by atoms with Crippen LogP contribution >= 0.6 is 0 Å². The monoisotopic (exact) mass is 97.1 g/mol. The van der Waals surface area contributed by atoms with Gasteiger partial charge in [0.05, 0.1) is 0 Å². The molecule has 1 heterocycles. The average molecular weight is 97.1 g/mol. The zero-order chi connectivity index (χ0) is 5.11. The van der Waals surface area contributed by atoms with E-state index in [4.69, 9.17) is 5.84 Å². The Labute approximate surface area is 43.6 Å². The van der Waals surface area contributed by atoms with Crippen molar-refractivity contribution in [2.75, 3.05) is 13.1 Å². The Morgan fingerprint density at radius 3 is 2.86 bits per heavy atom. The van der Waals surface area contributed by atoms with E-state index in [0.29, 0.717) is 0 Å². The van der Waals surface area contributed by atoms with Gasteiger partial charge in [-0.05, 0) is 12.5 Å². The van der Waals surface area contributed by atoms with E-state index in [2.05, 4.69) is 6.08 Å². The molecule has 1 rings (SSSR count). The third kappa shape index (κ3) is 1.29. The summed E-state index contributed by atoms with van der Waals surface area (Å²) in [6, 6.07) is 0. The zero-order valence-electron chi connectivity index (χ0n) is 4.22. The largest absolute Gasteiger partial charge is 0.268 e. The molecule has 0 saturated heterocycles. The lowest BCUT2D eigenvalue weighted by Gasteiger charge is -2.14. The molecule has 2 nitrogen and oxygen atoms in total. The normalized spacial score (nSPS) is 23.0. The summed E-state index contributed by atoms with van der Waals surface area (Å²) in [6.45, 7) is 1.82. The Balaban J connectivity index is 2.32. The van der Waals surface area contributed by atoms with E-state index in [9.17, 15) is 0 Å². The molecule has 0 bridgehead atoms. The van der Waals surface area contributed by atoms with Crippen molar-refractivity contribution >= 4 is 0 Å². The Hall–Kier alpha value is -0.340. The summed E-state index contributed by atoms with van der Waals surface area (Å²) in [5.41, 5.74) is 0. The second-order valence-corrected chi connectivity index (χ2v) is 1.65. The highest BCUT2D eigenvalue weighted by Crippen LogP contribution is 1.91. The molecule has 0 aromatic carbocycles. The predicted octanol–water partition coefficient (Wildman–Crippen LogP) is -0.0748. The van der Waals surface area contributed by atoms with Gasteiger partial charge in [0.15, 0.2) is 0 Å². The van der Waals surface area contributed by atoms with Gasteiger partial charge in [-0.2, -0.15) is 0 Å². The second-order valence-electron chi connectivity index (χ2n) is 1.65. The first-order valence-electron chi connectivity index (χ1n) is 2.44. The van der Waals surface area contributed by atoms with E-state index in [1.54, 1.807) is 5.01 Å². The van der Waals surface area contributed by atoms with E-state index < -0.39 is 0 Å². The summed E-state index contributed by atoms with van der Waals surface area (Å²) in [5, 5.41) is 1.77. The average Bonchev–Trinajstić information content (AvgIpc) is 1.69. The molecule has 0 spiro atoms. The molecule has 39 valence electrons. The first kappa shape index (κ1) is 4.81. The molecule has 0 fully saturated rings. The highest BCUT2D eigenvalue weighted by Gasteiger charge is 1.96. The molecule has 0 aromatic heterocycles. The number of nitrogens with zero attached hydrogens (tertiary/aromatic N) is 1. The summed E-state index contributed by atoms with van der Waals surface area (Å²) in [6.07, 6.45) is 6.01. The Kier molecular flexibility index (Phi) is 1.44. The summed E-state index contributed by atoms with van der Waals surface area (Å²) in [4.78, 5) is 0. The Morgan fingerprint density at radius 2 is 2.57 bits per heavy atom. The standard InChI is InChI=1S/C5H9N2/c6-7-4-2-1-3-5-7/h2H,3-6H2. The number of hydrazine groups is 1. The molecule has 1 aliphatic rings. The molecular weight excluding hydrogens is 88.1 g/mol. The summed E-state index contributed by atoms with van der Waals surface area (Å²) in [7, 11) is 0. The van der Waals surface area contributed by atoms with Gasteiger partial charge in [-0.3, -0.25) is 5.84 Å². The molecule has 1 radical (unpaired) electrons. The molecule has 0 aliphatic carbocycles. The molecule has 2 heteroatoms. The van der Waals surface area contributed by atoms with Crippen molar-refractivity contribution in [3.8, 4) is 0 Å². The molecule has 0 saturated carbocycles. The highest BCUT2D eigenvalue weighted by molar-refractivity contribution is 4.81. The summed E-state index contributed by atoms with van der Waals surface area (Å²) < 4.78 is 0. The molecule has 0 unspecified atom stereocenters. The first-order valence-corrected chi connectivity index (χ1v) is 2.44. The third-order valence-electron chi connectivity index (χ3n) is 1.01. The van der Waals surface area contributed by atoms with E-state index in [1.165, 1.54) is 0 Å². The topological polar surface area (TPSA) is 29.3 Å². The predicted molar refractivity (Wildman–Crippen MR) is 28.2 cm³/mol. The Morgan fingerprint density at radius 1 is 1.71 bits per heavy atom. The SMILES string of the molecule is NN1CC=[C]CC1. The lowest BCUT2D eigenvalue weighted by molar-refractivity contribution is 0.308. The molecule has 0 amide bonds. The lowest BCUT2D eigenvalue weighted by Crippen LogP contribution is -2.33. The third-order valence-corrected chi connectivity index (χ3v) is 1.01. The van der Waals surface area contributed by atoms with Crippen LogP contribution in [0.25, 0.3) is 0 Å². The highest BCUT2D eigenvalue weighted by atomic mass is 15.4. The number of nitrogens with two attached hydrogens (primary N) is 1. The van der Waals surface area contributed by atoms with Gasteiger partial charge in [0.25, 0.3) is 0 Å². The maximum absolute atomic E-state index is 5.40. The first-order chi connectivity index (χ1) is 3.39. The van der Waals surface area contributed by atoms with Crippen LogP contribution in [0.15, 0.2) is 6.08 Å². The van der Waals surface area contributed by atoms with Gasteiger partial charge in [-0.25, -0.2) is 5.01 Å². The number of rotatable bonds is 0. The summed E-state index contributed by atoms with van der Waals surface area (Å²) >= 11 is 0. The molecule has 7 heavy (non-hydrogen) atoms. The van der Waals surface area contributed by atoms with Crippen molar-refractivity contribution in [3.63, 3.8) is 0 Å². The molecule has 1 aliphatic heterocycles. The van der Waals surface area contributed by atoms with Crippen LogP contribution < -0.4 is 5.84 Å². The second kappa shape index (κ2) is 2.09. The van der Waals surface area contributed by atoms with Crippen LogP contribution in [0.5, 0.6) is 0 Å². The molecule has 0 aromatic rings. The minimum absolute atomic E-state index is 0.861. The lowest BCUT2D eigenvalue weighted by atomic mass is 10.3. The van der Waals surface area contributed by atoms with Crippen LogP contribution in [0.2, 0.25) is 0 Å². The maximum atomic E-state index is 5.40. The van der Waals surface area contributed by atoms with Gasteiger partial charge in [-0.1, -0.05) is 6.08 Å². The van der Waals surface area contributed by atoms with Crippen LogP contribution in [0, 0.1) is 6.08 Å². The van der Waals surface area contributed by atoms with Crippen LogP contribution in [0.3, 0.4) is 0 Å². The molecule has 2 N–H and O–H groups in total. The van der Waals surface area contributed by atoms with Gasteiger partial charge in [0.2, 0.25) is 0 Å². The minimum atomic E-state index is 0.861. The summed E-state index contributed by atoms with van der Waals surface area (Å²) in [5.74, 6) is 5.40. The van der Waals surface area contributed by atoms with Crippen LogP contribution in [0.4, 0.5) is 0 Å². The number of hydrogen-bond donors (Lipinski definition) is 1. The Bertz CT molecular complexity index is 78.1. The van der Waals surface area contributed by atoms with Crippen molar-refractivity contribution in [2.24, 2.45) is 5.84 Å². The quantitative estimate of drug-likeness (QED) is 0.428. The fourth-order valence-corrected chi connectivity index (χ4v) is 0.583. The van der Waals surface area contributed by atoms with Crippen molar-refractivity contribution in [1.29, 1.82) is 0 Å². The van der Waals surface area contributed by atoms with Crippen molar-refractivity contribution in [3.05, 3.63) is 12.2 Å². The molecular formula is C5H9N2. The minimum Gasteiger partial charge on any atom is -0.268 e. The fraction of sp³-hybridized carbons (Fsp3) is 0.600. The number of hydrogen-bond acceptors (Lipinski definition) is 2. The van der Waals surface area contributed by atoms with Crippen LogP contribution in [0.1, 0.15) is 6.42 Å². The van der Waals surface area contributed by atoms with Gasteiger partial charge >= 0.3 is 0 Å². The fourth-order valence-electron chi connectivity index (χ4n) is 0.583. The van der Waals surface area contributed by atoms with Gasteiger partial charge in [-0.15, -0.1) is 0 Å². The van der Waals surface area contributed by atoms with Crippen molar-refractivity contribution in [2.45, 2.75) is 6.42 Å². The van der Waals surface area contributed by atoms with E-state index in [1.807, 2.05) is 6.08 Å². The van der Waals surface area contributed by atoms with Crippen LogP contribution in [-0.2, 0) is 0 Å². The van der Waals surface area contributed by atoms with Crippen molar-refractivity contribution in [1.82, 2.24) is 5.01 Å².